The van der Waals surface area contributed by atoms with Gasteiger partial charge in [-0.2, -0.15) is 0 Å². The van der Waals surface area contributed by atoms with Crippen LogP contribution >= 0.6 is 0 Å². The molecule has 18 heteroatoms. The van der Waals surface area contributed by atoms with Crippen LogP contribution in [0.4, 0.5) is 11.4 Å². The van der Waals surface area contributed by atoms with E-state index in [1.54, 1.807) is 0 Å². The maximum absolute atomic E-state index is 7.46. The molecule has 16 nitrogen and oxygen atoms in total. The molecule has 20 aromatic rings. The lowest BCUT2D eigenvalue weighted by molar-refractivity contribution is 0.476. The second kappa shape index (κ2) is 31.9. The number of aromatic nitrogens is 13. The number of benzene rings is 15. The Bertz CT molecular complexity index is 8370. The number of hydrogen-bond acceptors (Lipinski definition) is 15. The molecule has 0 saturated heterocycles. The molecular formula is C121H90B2N14O2. The van der Waals surface area contributed by atoms with Crippen molar-refractivity contribution in [2.24, 2.45) is 0 Å². The molecule has 0 spiro atoms. The van der Waals surface area contributed by atoms with Gasteiger partial charge in [-0.1, -0.05) is 328 Å². The van der Waals surface area contributed by atoms with E-state index < -0.39 is 5.41 Å². The number of ether oxygens (including phenoxy) is 2. The minimum absolute atomic E-state index is 0.137. The topological polar surface area (TPSA) is 181 Å². The van der Waals surface area contributed by atoms with Crippen molar-refractivity contribution in [3.63, 3.8) is 0 Å². The summed E-state index contributed by atoms with van der Waals surface area (Å²) >= 11 is 0. The number of allylic oxidation sites excluding steroid dienone is 2. The van der Waals surface area contributed by atoms with Crippen LogP contribution in [0.25, 0.3) is 164 Å². The average Bonchev–Trinajstić information content (AvgIpc) is 1.56. The first-order valence-corrected chi connectivity index (χ1v) is 47.7. The normalized spacial score (nSPS) is 14.6. The smallest absolute Gasteiger partial charge is 0.256 e. The molecule has 5 aliphatic heterocycles. The molecule has 2 atom stereocenters. The monoisotopic (exact) mass is 1790 g/mol. The highest BCUT2D eigenvalue weighted by atomic mass is 16.5. The molecule has 0 radical (unpaired) electrons. The van der Waals surface area contributed by atoms with E-state index in [1.807, 2.05) is 127 Å². The number of rotatable bonds is 15. The van der Waals surface area contributed by atoms with E-state index in [0.717, 1.165) is 184 Å². The molecule has 139 heavy (non-hydrogen) atoms. The maximum Gasteiger partial charge on any atom is 0.256 e. The predicted octanol–water partition coefficient (Wildman–Crippen LogP) is 24.3. The van der Waals surface area contributed by atoms with Crippen LogP contribution in [-0.4, -0.2) is 83.8 Å². The van der Waals surface area contributed by atoms with Gasteiger partial charge in [0, 0.05) is 106 Å². The summed E-state index contributed by atoms with van der Waals surface area (Å²) in [7, 11) is 0. The van der Waals surface area contributed by atoms with E-state index >= 15 is 0 Å². The third-order valence-electron chi connectivity index (χ3n) is 28.6. The van der Waals surface area contributed by atoms with E-state index in [9.17, 15) is 0 Å². The van der Waals surface area contributed by atoms with Gasteiger partial charge in [0.05, 0.1) is 11.6 Å². The Morgan fingerprint density at radius 1 is 0.309 bits per heavy atom. The second-order valence-corrected chi connectivity index (χ2v) is 40.1. The van der Waals surface area contributed by atoms with Gasteiger partial charge in [0.25, 0.3) is 6.71 Å². The molecule has 1 aliphatic carbocycles. The number of aryl methyl sites for hydroxylation is 1. The highest BCUT2D eigenvalue weighted by Crippen LogP contribution is 2.58. The summed E-state index contributed by atoms with van der Waals surface area (Å²) in [5.41, 5.74) is 28.9. The SMILES string of the molecule is Cc1cc2c3c(c1)N1c4ccc(-c5nc(-c6ccccc6)nc(-c6ccccc6)n5)cc4C4=CC(c5nc(-c6ccccc6)nc(-c6ccccc6)n5)=CC(B3c3ccc(C(C)(C)Cc5ccc(-c6nc(-c7ccccc7)nc(-c7cc8c9c(c7)c7cc(-c%10nc(-c%11ccccc%11)nc(-c%11ccccc%11)n%10)ccc7n9-c7cc(C(C)(C)C)cc9c7B8c7ccc(C(C)(C)C)cc7O9)n6)cc5)cc3O2)C41. The first kappa shape index (κ1) is 82.8. The van der Waals surface area contributed by atoms with Crippen LogP contribution in [0.2, 0.25) is 5.82 Å². The molecule has 0 saturated carbocycles. The maximum atomic E-state index is 7.46. The highest BCUT2D eigenvalue weighted by Gasteiger charge is 2.55. The number of anilines is 2. The summed E-state index contributed by atoms with van der Waals surface area (Å²) in [6.45, 7) is 20.1. The minimum Gasteiger partial charge on any atom is -0.458 e. The van der Waals surface area contributed by atoms with Crippen molar-refractivity contribution in [3.8, 4) is 154 Å². The lowest BCUT2D eigenvalue weighted by Gasteiger charge is -2.46. The molecule has 26 rings (SSSR count). The quantitative estimate of drug-likeness (QED) is 0.0884. The van der Waals surface area contributed by atoms with E-state index in [1.165, 1.54) is 11.1 Å². The standard InChI is InChI=1S/C121H90B2N14O2/c1-70-57-97-103-101(58-70)138-100-67-85(52-54-92(100)122(103)93-63-82(117-132-111(76-39-25-14-26-40-76)126-112(133-117)77-41-27-15-28-42-77)61-89-87-59-80(49-55-95(87)136(97)105(89)93)115-128-107(72-31-17-10-18-32-72)124-108(129-115)73-33-19-11-20-34-73)121(8,9)69-71-45-47-79(48-46-71)114-127-113(78-43-29-16-30-44-78)134-118(135-114)83-62-90-88-60-81(116-130-109(74-35-21-12-22-36-74)125-110(131-116)75-37-23-13-24-38-75)50-56-96(88)137-98-65-86(120(5,6)7)68-102-104(98)123(94(64-83)106(90)137)91-53-51-84(119(2,3)4)66-99(91)139-102/h10-68,93,105H,69H2,1-9H3. The summed E-state index contributed by atoms with van der Waals surface area (Å²) < 4.78 is 17.3. The van der Waals surface area contributed by atoms with Gasteiger partial charge in [-0.05, 0) is 181 Å². The molecule has 5 aromatic heterocycles. The Balaban J connectivity index is 0.582. The van der Waals surface area contributed by atoms with Crippen molar-refractivity contribution < 1.29 is 9.47 Å². The summed E-state index contributed by atoms with van der Waals surface area (Å²) in [6.07, 6.45) is 5.49. The molecule has 0 bridgehead atoms. The summed E-state index contributed by atoms with van der Waals surface area (Å²) in [6, 6.07) is 121. The van der Waals surface area contributed by atoms with Gasteiger partial charge in [0.15, 0.2) is 69.9 Å². The third-order valence-corrected chi connectivity index (χ3v) is 28.6. The van der Waals surface area contributed by atoms with Crippen molar-refractivity contribution in [3.05, 3.63) is 397 Å². The first-order valence-electron chi connectivity index (χ1n) is 47.7. The Morgan fingerprint density at radius 3 is 1.21 bits per heavy atom. The molecule has 0 fully saturated rings. The van der Waals surface area contributed by atoms with Crippen LogP contribution in [0, 0.1) is 6.92 Å². The fraction of sp³-hybridized carbons (Fsp3) is 0.124. The lowest BCUT2D eigenvalue weighted by Crippen LogP contribution is -2.59. The Morgan fingerprint density at radius 2 is 0.712 bits per heavy atom. The van der Waals surface area contributed by atoms with Crippen LogP contribution in [0.5, 0.6) is 23.0 Å². The van der Waals surface area contributed by atoms with Gasteiger partial charge in [-0.15, -0.1) is 0 Å². The molecule has 0 amide bonds. The van der Waals surface area contributed by atoms with E-state index in [4.69, 9.17) is 69.3 Å². The largest absolute Gasteiger partial charge is 0.458 e. The molecule has 6 aliphatic rings. The zero-order valence-corrected chi connectivity index (χ0v) is 78.2. The van der Waals surface area contributed by atoms with Crippen molar-refractivity contribution >= 4 is 85.1 Å². The van der Waals surface area contributed by atoms with E-state index in [-0.39, 0.29) is 36.1 Å². The lowest BCUT2D eigenvalue weighted by atomic mass is 9.29. The first-order chi connectivity index (χ1) is 67.7. The van der Waals surface area contributed by atoms with Gasteiger partial charge in [-0.25, -0.2) is 59.8 Å². The molecular weight excluding hydrogens is 1700 g/mol. The molecule has 662 valence electrons. The van der Waals surface area contributed by atoms with Gasteiger partial charge in [-0.3, -0.25) is 0 Å². The molecule has 15 aromatic carbocycles. The van der Waals surface area contributed by atoms with Crippen LogP contribution in [0.15, 0.2) is 358 Å². The molecule has 2 unspecified atom stereocenters. The van der Waals surface area contributed by atoms with E-state index in [0.29, 0.717) is 76.3 Å². The molecule has 10 heterocycles. The van der Waals surface area contributed by atoms with Crippen LogP contribution in [0.1, 0.15) is 94.6 Å². The van der Waals surface area contributed by atoms with Crippen molar-refractivity contribution in [1.29, 1.82) is 0 Å². The fourth-order valence-corrected chi connectivity index (χ4v) is 21.6. The summed E-state index contributed by atoms with van der Waals surface area (Å²) in [5, 5.41) is 2.06. The van der Waals surface area contributed by atoms with Crippen molar-refractivity contribution in [2.45, 2.75) is 96.8 Å². The average molecular weight is 1790 g/mol. The summed E-state index contributed by atoms with van der Waals surface area (Å²) in [5.74, 6) is 10.2. The zero-order chi connectivity index (χ0) is 93.4. The Labute approximate surface area is 806 Å². The Kier molecular flexibility index (Phi) is 19.0. The highest BCUT2D eigenvalue weighted by molar-refractivity contribution is 6.99. The van der Waals surface area contributed by atoms with E-state index in [2.05, 4.69) is 302 Å². The van der Waals surface area contributed by atoms with Crippen LogP contribution in [0.3, 0.4) is 0 Å². The van der Waals surface area contributed by atoms with Gasteiger partial charge in [0.1, 0.15) is 23.0 Å². The van der Waals surface area contributed by atoms with Crippen molar-refractivity contribution in [1.82, 2.24) is 64.4 Å². The van der Waals surface area contributed by atoms with Crippen LogP contribution < -0.4 is 41.7 Å². The van der Waals surface area contributed by atoms with Crippen molar-refractivity contribution in [2.75, 3.05) is 4.90 Å². The third kappa shape index (κ3) is 14.2. The summed E-state index contributed by atoms with van der Waals surface area (Å²) in [4.78, 5) is 66.6. The van der Waals surface area contributed by atoms with Gasteiger partial charge >= 0.3 is 0 Å². The number of hydrogen-bond donors (Lipinski definition) is 0. The van der Waals surface area contributed by atoms with Crippen LogP contribution in [-0.2, 0) is 22.7 Å². The zero-order valence-electron chi connectivity index (χ0n) is 78.2. The molecule has 0 N–H and O–H groups in total. The Hall–Kier alpha value is -16.9. The predicted molar refractivity (Wildman–Crippen MR) is 561 cm³/mol. The van der Waals surface area contributed by atoms with Gasteiger partial charge in [0.2, 0.25) is 6.71 Å². The fourth-order valence-electron chi connectivity index (χ4n) is 21.6. The minimum atomic E-state index is -0.394. The second-order valence-electron chi connectivity index (χ2n) is 40.1. The van der Waals surface area contributed by atoms with Gasteiger partial charge < -0.3 is 18.9 Å². The number of fused-ring (bicyclic) bond motifs is 14. The number of nitrogens with zero attached hydrogens (tertiary/aromatic N) is 14.